The number of amides is 1. The lowest BCUT2D eigenvalue weighted by atomic mass is 9.71. The minimum Gasteiger partial charge on any atom is -0.486 e. The highest BCUT2D eigenvalue weighted by atomic mass is 16.6. The molecule has 0 aromatic heterocycles. The number of hydrogen-bond donors (Lipinski definition) is 1. The van der Waals surface area contributed by atoms with Gasteiger partial charge >= 0.3 is 0 Å². The van der Waals surface area contributed by atoms with Crippen molar-refractivity contribution >= 4 is 11.6 Å². The quantitative estimate of drug-likeness (QED) is 0.679. The van der Waals surface area contributed by atoms with Gasteiger partial charge in [-0.25, -0.2) is 0 Å². The number of carbonyl (C=O) groups excluding carboxylic acids is 1. The number of nitrogens with zero attached hydrogens (tertiary/aromatic N) is 2. The average molecular weight is 492 g/mol. The van der Waals surface area contributed by atoms with Gasteiger partial charge in [0.25, 0.3) is 0 Å². The van der Waals surface area contributed by atoms with Crippen LogP contribution in [-0.4, -0.2) is 68.3 Å². The predicted octanol–water partition coefficient (Wildman–Crippen LogP) is 4.12. The third-order valence-corrected chi connectivity index (χ3v) is 8.44. The van der Waals surface area contributed by atoms with Gasteiger partial charge < -0.3 is 19.5 Å². The van der Waals surface area contributed by atoms with E-state index in [9.17, 15) is 4.79 Å². The zero-order valence-corrected chi connectivity index (χ0v) is 21.3. The Hall–Kier alpha value is -2.61. The third-order valence-electron chi connectivity index (χ3n) is 8.44. The maximum Gasteiger partial charge on any atom is 0.238 e. The lowest BCUT2D eigenvalue weighted by Crippen LogP contribution is -2.48. The summed E-state index contributed by atoms with van der Waals surface area (Å²) in [6.45, 7) is 9.16. The molecule has 1 saturated heterocycles. The van der Waals surface area contributed by atoms with Gasteiger partial charge in [-0.05, 0) is 60.7 Å². The molecule has 2 aromatic rings. The monoisotopic (exact) mass is 491 g/mol. The molecule has 6 rings (SSSR count). The Morgan fingerprint density at radius 3 is 2.42 bits per heavy atom. The van der Waals surface area contributed by atoms with Crippen LogP contribution in [0.4, 0.5) is 5.69 Å². The van der Waals surface area contributed by atoms with E-state index in [2.05, 4.69) is 46.3 Å². The number of benzene rings is 2. The van der Waals surface area contributed by atoms with Gasteiger partial charge in [0, 0.05) is 43.3 Å². The van der Waals surface area contributed by atoms with E-state index in [-0.39, 0.29) is 17.4 Å². The summed E-state index contributed by atoms with van der Waals surface area (Å²) >= 11 is 0. The van der Waals surface area contributed by atoms with Crippen molar-refractivity contribution in [2.24, 2.45) is 0 Å². The van der Waals surface area contributed by atoms with E-state index in [0.717, 1.165) is 69.4 Å². The molecule has 0 radical (unpaired) electrons. The van der Waals surface area contributed by atoms with E-state index < -0.39 is 0 Å². The maximum absolute atomic E-state index is 13.2. The Morgan fingerprint density at radius 2 is 1.69 bits per heavy atom. The lowest BCUT2D eigenvalue weighted by molar-refractivity contribution is -0.118. The SMILES string of the molecule is CC1c2cc3c(cc2C2(CCCC2)CN1CC(=O)Nc1ccc(CN2CCOCC2)cc1)OCCO3. The van der Waals surface area contributed by atoms with Crippen LogP contribution in [0.15, 0.2) is 36.4 Å². The van der Waals surface area contributed by atoms with Crippen LogP contribution < -0.4 is 14.8 Å². The second-order valence-electron chi connectivity index (χ2n) is 10.8. The molecule has 1 N–H and O–H groups in total. The highest BCUT2D eigenvalue weighted by Crippen LogP contribution is 2.51. The predicted molar refractivity (Wildman–Crippen MR) is 139 cm³/mol. The summed E-state index contributed by atoms with van der Waals surface area (Å²) in [7, 11) is 0. The van der Waals surface area contributed by atoms with Gasteiger partial charge in [-0.15, -0.1) is 0 Å². The fourth-order valence-electron chi connectivity index (χ4n) is 6.48. The minimum atomic E-state index is 0.0388. The fourth-order valence-corrected chi connectivity index (χ4v) is 6.48. The number of hydrogen-bond acceptors (Lipinski definition) is 6. The van der Waals surface area contributed by atoms with Gasteiger partial charge in [0.05, 0.1) is 19.8 Å². The molecule has 192 valence electrons. The van der Waals surface area contributed by atoms with Gasteiger partial charge in [0.1, 0.15) is 13.2 Å². The van der Waals surface area contributed by atoms with Crippen molar-refractivity contribution in [2.45, 2.75) is 50.6 Å². The number of rotatable bonds is 5. The van der Waals surface area contributed by atoms with E-state index in [1.807, 2.05) is 12.1 Å². The van der Waals surface area contributed by atoms with Crippen LogP contribution in [0.3, 0.4) is 0 Å². The molecule has 7 nitrogen and oxygen atoms in total. The molecule has 2 fully saturated rings. The Balaban J connectivity index is 1.15. The highest BCUT2D eigenvalue weighted by molar-refractivity contribution is 5.92. The first kappa shape index (κ1) is 23.8. The van der Waals surface area contributed by atoms with Gasteiger partial charge in [-0.2, -0.15) is 0 Å². The van der Waals surface area contributed by atoms with E-state index in [4.69, 9.17) is 14.2 Å². The standard InChI is InChI=1S/C29H37N3O4/c1-21-24-16-26-27(36-15-14-35-26)17-25(24)29(8-2-3-9-29)20-32(21)19-28(33)30-23-6-4-22(5-7-23)18-31-10-12-34-13-11-31/h4-7,16-17,21H,2-3,8-15,18-20H2,1H3,(H,30,33). The number of fused-ring (bicyclic) bond motifs is 3. The molecule has 1 unspecified atom stereocenters. The first-order valence-corrected chi connectivity index (χ1v) is 13.5. The van der Waals surface area contributed by atoms with Crippen molar-refractivity contribution in [3.63, 3.8) is 0 Å². The second kappa shape index (κ2) is 10.0. The number of morpholine rings is 1. The molecule has 1 atom stereocenters. The molecule has 1 saturated carbocycles. The second-order valence-corrected chi connectivity index (χ2v) is 10.8. The fraction of sp³-hybridized carbons (Fsp3) is 0.552. The number of nitrogens with one attached hydrogen (secondary N) is 1. The van der Waals surface area contributed by atoms with Crippen molar-refractivity contribution in [2.75, 3.05) is 57.9 Å². The van der Waals surface area contributed by atoms with Crippen LogP contribution in [0.1, 0.15) is 55.3 Å². The Bertz CT molecular complexity index is 1090. The number of anilines is 1. The molecule has 3 aliphatic heterocycles. The molecule has 3 heterocycles. The van der Waals surface area contributed by atoms with Crippen molar-refractivity contribution in [3.8, 4) is 11.5 Å². The van der Waals surface area contributed by atoms with Crippen molar-refractivity contribution in [1.29, 1.82) is 0 Å². The van der Waals surface area contributed by atoms with Crippen molar-refractivity contribution in [3.05, 3.63) is 53.1 Å². The zero-order valence-electron chi connectivity index (χ0n) is 21.3. The molecular formula is C29H37N3O4. The minimum absolute atomic E-state index is 0.0388. The first-order chi connectivity index (χ1) is 17.6. The molecule has 1 spiro atoms. The smallest absolute Gasteiger partial charge is 0.238 e. The van der Waals surface area contributed by atoms with Gasteiger partial charge in [0.15, 0.2) is 11.5 Å². The Labute approximate surface area is 213 Å². The molecular weight excluding hydrogens is 454 g/mol. The van der Waals surface area contributed by atoms with Gasteiger partial charge in [0.2, 0.25) is 5.91 Å². The van der Waals surface area contributed by atoms with E-state index in [1.165, 1.54) is 29.5 Å². The average Bonchev–Trinajstić information content (AvgIpc) is 3.37. The molecule has 2 aromatic carbocycles. The van der Waals surface area contributed by atoms with Crippen LogP contribution in [0, 0.1) is 0 Å². The van der Waals surface area contributed by atoms with Crippen LogP contribution in [0.25, 0.3) is 0 Å². The van der Waals surface area contributed by atoms with Crippen LogP contribution >= 0.6 is 0 Å². The molecule has 1 aliphatic carbocycles. The van der Waals surface area contributed by atoms with Gasteiger partial charge in [-0.1, -0.05) is 25.0 Å². The summed E-state index contributed by atoms with van der Waals surface area (Å²) in [5.41, 5.74) is 4.90. The van der Waals surface area contributed by atoms with Crippen LogP contribution in [-0.2, 0) is 21.5 Å². The van der Waals surface area contributed by atoms with Crippen molar-refractivity contribution in [1.82, 2.24) is 9.80 Å². The normalized spacial score (nSPS) is 23.4. The maximum atomic E-state index is 13.2. The van der Waals surface area contributed by atoms with Gasteiger partial charge in [-0.3, -0.25) is 14.6 Å². The number of carbonyl (C=O) groups is 1. The van der Waals surface area contributed by atoms with E-state index >= 15 is 0 Å². The largest absolute Gasteiger partial charge is 0.486 e. The summed E-state index contributed by atoms with van der Waals surface area (Å²) in [5, 5.41) is 3.13. The summed E-state index contributed by atoms with van der Waals surface area (Å²) in [4.78, 5) is 17.9. The lowest BCUT2D eigenvalue weighted by Gasteiger charge is -2.46. The topological polar surface area (TPSA) is 63.3 Å². The summed E-state index contributed by atoms with van der Waals surface area (Å²) in [6, 6.07) is 12.8. The Kier molecular flexibility index (Phi) is 6.63. The van der Waals surface area contributed by atoms with E-state index in [0.29, 0.717) is 19.8 Å². The highest BCUT2D eigenvalue weighted by Gasteiger charge is 2.45. The molecule has 36 heavy (non-hydrogen) atoms. The summed E-state index contributed by atoms with van der Waals surface area (Å²) in [6.07, 6.45) is 4.79. The molecule has 1 amide bonds. The van der Waals surface area contributed by atoms with E-state index in [1.54, 1.807) is 0 Å². The summed E-state index contributed by atoms with van der Waals surface area (Å²) in [5.74, 6) is 1.75. The van der Waals surface area contributed by atoms with Crippen molar-refractivity contribution < 1.29 is 19.0 Å². The van der Waals surface area contributed by atoms with Crippen LogP contribution in [0.5, 0.6) is 11.5 Å². The summed E-state index contributed by atoms with van der Waals surface area (Å²) < 4.78 is 17.3. The number of ether oxygens (including phenoxy) is 3. The third kappa shape index (κ3) is 4.72. The Morgan fingerprint density at radius 1 is 1.00 bits per heavy atom. The molecule has 0 bridgehead atoms. The molecule has 7 heteroatoms. The molecule has 4 aliphatic rings. The first-order valence-electron chi connectivity index (χ1n) is 13.5. The zero-order chi connectivity index (χ0) is 24.5. The van der Waals surface area contributed by atoms with Crippen LogP contribution in [0.2, 0.25) is 0 Å².